The van der Waals surface area contributed by atoms with Crippen molar-refractivity contribution < 1.29 is 19.1 Å². The molecule has 0 aromatic heterocycles. The number of hydrogen-bond acceptors (Lipinski definition) is 5. The second-order valence-corrected chi connectivity index (χ2v) is 4.20. The van der Waals surface area contributed by atoms with Crippen LogP contribution in [0.4, 0.5) is 0 Å². The van der Waals surface area contributed by atoms with Crippen molar-refractivity contribution in [2.75, 3.05) is 20.8 Å². The van der Waals surface area contributed by atoms with E-state index in [1.807, 2.05) is 17.0 Å². The fraction of sp³-hybridized carbons (Fsp3) is 0.385. The van der Waals surface area contributed by atoms with Gasteiger partial charge < -0.3 is 9.47 Å². The number of fused-ring (bicyclic) bond motifs is 1. The van der Waals surface area contributed by atoms with Gasteiger partial charge in [-0.1, -0.05) is 6.07 Å². The molecule has 5 heteroatoms. The topological polar surface area (TPSA) is 55.8 Å². The molecule has 0 saturated heterocycles. The number of ether oxygens (including phenoxy) is 2. The highest BCUT2D eigenvalue weighted by Gasteiger charge is 2.22. The van der Waals surface area contributed by atoms with Crippen LogP contribution in [0.25, 0.3) is 0 Å². The molecular weight excluding hydrogens is 234 g/mol. The van der Waals surface area contributed by atoms with Crippen molar-refractivity contribution in [3.8, 4) is 0 Å². The van der Waals surface area contributed by atoms with Gasteiger partial charge in [-0.2, -0.15) is 0 Å². The fourth-order valence-corrected chi connectivity index (χ4v) is 2.07. The minimum absolute atomic E-state index is 0.254. The molecule has 0 unspecified atom stereocenters. The normalized spacial score (nSPS) is 14.1. The SMILES string of the molecule is COC(=O)CN1Cc2ccc(C(=O)OC)cc2C1. The van der Waals surface area contributed by atoms with Gasteiger partial charge in [0.05, 0.1) is 26.3 Å². The number of hydrogen-bond donors (Lipinski definition) is 0. The first-order chi connectivity index (χ1) is 8.63. The minimum Gasteiger partial charge on any atom is -0.468 e. The van der Waals surface area contributed by atoms with Crippen molar-refractivity contribution >= 4 is 11.9 Å². The maximum Gasteiger partial charge on any atom is 0.337 e. The lowest BCUT2D eigenvalue weighted by Gasteiger charge is -2.11. The van der Waals surface area contributed by atoms with Gasteiger partial charge in [0.25, 0.3) is 0 Å². The summed E-state index contributed by atoms with van der Waals surface area (Å²) in [7, 11) is 2.74. The predicted molar refractivity (Wildman–Crippen MR) is 63.9 cm³/mol. The van der Waals surface area contributed by atoms with Crippen LogP contribution < -0.4 is 0 Å². The Hall–Kier alpha value is -1.88. The Morgan fingerprint density at radius 3 is 2.56 bits per heavy atom. The lowest BCUT2D eigenvalue weighted by Crippen LogP contribution is -2.25. The summed E-state index contributed by atoms with van der Waals surface area (Å²) in [5.74, 6) is -0.597. The van der Waals surface area contributed by atoms with Crippen molar-refractivity contribution in [2.45, 2.75) is 13.1 Å². The second kappa shape index (κ2) is 5.18. The summed E-state index contributed by atoms with van der Waals surface area (Å²) in [4.78, 5) is 24.6. The van der Waals surface area contributed by atoms with E-state index in [1.54, 1.807) is 6.07 Å². The number of methoxy groups -OCH3 is 2. The van der Waals surface area contributed by atoms with Crippen LogP contribution in [0.2, 0.25) is 0 Å². The zero-order valence-electron chi connectivity index (χ0n) is 10.4. The van der Waals surface area contributed by atoms with E-state index in [2.05, 4.69) is 9.47 Å². The standard InChI is InChI=1S/C13H15NO4/c1-17-12(15)8-14-6-10-4-3-9(13(16)18-2)5-11(10)7-14/h3-5H,6-8H2,1-2H3. The molecule has 0 spiro atoms. The third-order valence-corrected chi connectivity index (χ3v) is 3.00. The van der Waals surface area contributed by atoms with Crippen LogP contribution in [0, 0.1) is 0 Å². The van der Waals surface area contributed by atoms with Crippen molar-refractivity contribution in [3.05, 3.63) is 34.9 Å². The van der Waals surface area contributed by atoms with Crippen LogP contribution in [0.1, 0.15) is 21.5 Å². The first-order valence-electron chi connectivity index (χ1n) is 5.63. The molecule has 0 fully saturated rings. The molecule has 1 aliphatic rings. The van der Waals surface area contributed by atoms with E-state index in [9.17, 15) is 9.59 Å². The van der Waals surface area contributed by atoms with Crippen molar-refractivity contribution in [2.24, 2.45) is 0 Å². The van der Waals surface area contributed by atoms with Gasteiger partial charge in [-0.25, -0.2) is 4.79 Å². The van der Waals surface area contributed by atoms with Gasteiger partial charge in [0, 0.05) is 13.1 Å². The summed E-state index contributed by atoms with van der Waals surface area (Å²) in [6.07, 6.45) is 0. The second-order valence-electron chi connectivity index (χ2n) is 4.20. The molecule has 0 saturated carbocycles. The van der Waals surface area contributed by atoms with E-state index in [-0.39, 0.29) is 18.5 Å². The van der Waals surface area contributed by atoms with Gasteiger partial charge in [0.1, 0.15) is 0 Å². The summed E-state index contributed by atoms with van der Waals surface area (Å²) >= 11 is 0. The van der Waals surface area contributed by atoms with Crippen molar-refractivity contribution in [1.29, 1.82) is 0 Å². The summed E-state index contributed by atoms with van der Waals surface area (Å²) < 4.78 is 9.31. The molecule has 0 bridgehead atoms. The Bertz CT molecular complexity index is 484. The average Bonchev–Trinajstić information content (AvgIpc) is 2.78. The van der Waals surface area contributed by atoms with Gasteiger partial charge in [0.15, 0.2) is 0 Å². The highest BCUT2D eigenvalue weighted by Crippen LogP contribution is 2.23. The molecular formula is C13H15NO4. The van der Waals surface area contributed by atoms with Gasteiger partial charge in [-0.15, -0.1) is 0 Å². The molecule has 0 amide bonds. The van der Waals surface area contributed by atoms with Crippen LogP contribution in [-0.2, 0) is 27.4 Å². The maximum absolute atomic E-state index is 11.4. The van der Waals surface area contributed by atoms with Crippen molar-refractivity contribution in [1.82, 2.24) is 4.90 Å². The molecule has 96 valence electrons. The Balaban J connectivity index is 2.10. The van der Waals surface area contributed by atoms with Gasteiger partial charge in [0.2, 0.25) is 0 Å². The molecule has 1 aromatic carbocycles. The van der Waals surface area contributed by atoms with E-state index in [0.29, 0.717) is 18.7 Å². The zero-order valence-corrected chi connectivity index (χ0v) is 10.4. The number of nitrogens with zero attached hydrogens (tertiary/aromatic N) is 1. The molecule has 2 rings (SSSR count). The van der Waals surface area contributed by atoms with E-state index >= 15 is 0 Å². The van der Waals surface area contributed by atoms with Crippen LogP contribution >= 0.6 is 0 Å². The summed E-state index contributed by atoms with van der Waals surface area (Å²) in [5, 5.41) is 0. The number of carbonyl (C=O) groups is 2. The first kappa shape index (κ1) is 12.6. The van der Waals surface area contributed by atoms with E-state index in [4.69, 9.17) is 0 Å². The van der Waals surface area contributed by atoms with E-state index in [0.717, 1.165) is 11.1 Å². The molecule has 1 aliphatic heterocycles. The third kappa shape index (κ3) is 2.51. The lowest BCUT2D eigenvalue weighted by atomic mass is 10.1. The van der Waals surface area contributed by atoms with E-state index < -0.39 is 0 Å². The fourth-order valence-electron chi connectivity index (χ4n) is 2.07. The highest BCUT2D eigenvalue weighted by atomic mass is 16.5. The molecule has 0 atom stereocenters. The van der Waals surface area contributed by atoms with Crippen molar-refractivity contribution in [3.63, 3.8) is 0 Å². The summed E-state index contributed by atoms with van der Waals surface area (Å²) in [6, 6.07) is 5.46. The Morgan fingerprint density at radius 1 is 1.17 bits per heavy atom. The Morgan fingerprint density at radius 2 is 1.89 bits per heavy atom. The third-order valence-electron chi connectivity index (χ3n) is 3.00. The molecule has 18 heavy (non-hydrogen) atoms. The molecule has 5 nitrogen and oxygen atoms in total. The molecule has 0 aliphatic carbocycles. The number of carbonyl (C=O) groups excluding carboxylic acids is 2. The van der Waals surface area contributed by atoms with Gasteiger partial charge in [-0.05, 0) is 23.3 Å². The van der Waals surface area contributed by atoms with Gasteiger partial charge >= 0.3 is 11.9 Å². The largest absolute Gasteiger partial charge is 0.468 e. The Labute approximate surface area is 105 Å². The van der Waals surface area contributed by atoms with Crippen LogP contribution in [-0.4, -0.2) is 37.6 Å². The molecule has 0 radical (unpaired) electrons. The molecule has 1 aromatic rings. The molecule has 1 heterocycles. The van der Waals surface area contributed by atoms with Crippen LogP contribution in [0.15, 0.2) is 18.2 Å². The number of esters is 2. The number of rotatable bonds is 3. The van der Waals surface area contributed by atoms with Gasteiger partial charge in [-0.3, -0.25) is 9.69 Å². The van der Waals surface area contributed by atoms with Crippen LogP contribution in [0.3, 0.4) is 0 Å². The summed E-state index contributed by atoms with van der Waals surface area (Å²) in [6.45, 7) is 1.61. The smallest absolute Gasteiger partial charge is 0.337 e. The lowest BCUT2D eigenvalue weighted by molar-refractivity contribution is -0.142. The zero-order chi connectivity index (χ0) is 13.1. The first-order valence-corrected chi connectivity index (χ1v) is 5.63. The average molecular weight is 249 g/mol. The maximum atomic E-state index is 11.4. The summed E-state index contributed by atoms with van der Waals surface area (Å²) in [5.41, 5.74) is 2.73. The highest BCUT2D eigenvalue weighted by molar-refractivity contribution is 5.89. The van der Waals surface area contributed by atoms with Crippen LogP contribution in [0.5, 0.6) is 0 Å². The quantitative estimate of drug-likeness (QED) is 0.747. The Kier molecular flexibility index (Phi) is 3.62. The molecule has 0 N–H and O–H groups in total. The number of benzene rings is 1. The minimum atomic E-state index is -0.343. The van der Waals surface area contributed by atoms with E-state index in [1.165, 1.54) is 14.2 Å². The predicted octanol–water partition coefficient (Wildman–Crippen LogP) is 0.962. The monoisotopic (exact) mass is 249 g/mol.